The molecule has 0 amide bonds. The molecule has 3 nitrogen and oxygen atoms in total. The van der Waals surface area contributed by atoms with Gasteiger partial charge in [0.05, 0.1) is 7.11 Å². The Morgan fingerprint density at radius 3 is 2.81 bits per heavy atom. The molecule has 1 aliphatic rings. The molecule has 0 aliphatic heterocycles. The lowest BCUT2D eigenvalue weighted by Crippen LogP contribution is -2.47. The summed E-state index contributed by atoms with van der Waals surface area (Å²) in [4.78, 5) is 11.0. The van der Waals surface area contributed by atoms with Crippen LogP contribution in [0.5, 0.6) is 0 Å². The van der Waals surface area contributed by atoms with Crippen molar-refractivity contribution in [3.8, 4) is 0 Å². The second-order valence-corrected chi connectivity index (χ2v) is 6.29. The van der Waals surface area contributed by atoms with Crippen LogP contribution in [0.25, 0.3) is 0 Å². The highest BCUT2D eigenvalue weighted by molar-refractivity contribution is 9.10. The van der Waals surface area contributed by atoms with E-state index in [1.54, 1.807) is 0 Å². The number of alkyl halides is 1. The average molecular weight is 292 g/mol. The Kier molecular flexibility index (Phi) is 5.25. The number of hydrogen-bond acceptors (Lipinski definition) is 3. The van der Waals surface area contributed by atoms with Crippen molar-refractivity contribution in [2.45, 2.75) is 50.4 Å². The van der Waals surface area contributed by atoms with E-state index in [2.05, 4.69) is 39.8 Å². The number of esters is 1. The third kappa shape index (κ3) is 3.74. The summed E-state index contributed by atoms with van der Waals surface area (Å²) in [6.07, 6.45) is 5.07. The lowest BCUT2D eigenvalue weighted by molar-refractivity contribution is -0.139. The van der Waals surface area contributed by atoms with Crippen LogP contribution < -0.4 is 5.32 Å². The molecule has 0 aromatic rings. The molecular weight excluding hydrogens is 270 g/mol. The van der Waals surface area contributed by atoms with Gasteiger partial charge in [0.2, 0.25) is 0 Å². The molecule has 1 saturated carbocycles. The standard InChI is InChI=1S/C12H22BrNO2/c1-12(2)7-5-4-6-10(12)14-8-9(13)11(15)16-3/h9-10,14H,4-8H2,1-3H3. The van der Waals surface area contributed by atoms with E-state index in [1.165, 1.54) is 32.8 Å². The predicted octanol–water partition coefficient (Wildman–Crippen LogP) is 2.48. The molecule has 1 aliphatic carbocycles. The molecule has 0 spiro atoms. The number of methoxy groups -OCH3 is 1. The fourth-order valence-corrected chi connectivity index (χ4v) is 2.70. The van der Waals surface area contributed by atoms with E-state index < -0.39 is 0 Å². The number of carbonyl (C=O) groups is 1. The first-order valence-electron chi connectivity index (χ1n) is 5.92. The summed E-state index contributed by atoms with van der Waals surface area (Å²) in [5.74, 6) is -0.207. The summed E-state index contributed by atoms with van der Waals surface area (Å²) in [6.45, 7) is 5.23. The lowest BCUT2D eigenvalue weighted by Gasteiger charge is -2.39. The highest BCUT2D eigenvalue weighted by Crippen LogP contribution is 2.35. The minimum Gasteiger partial charge on any atom is -0.468 e. The van der Waals surface area contributed by atoms with Crippen LogP contribution in [0.1, 0.15) is 39.5 Å². The van der Waals surface area contributed by atoms with Gasteiger partial charge in [-0.2, -0.15) is 0 Å². The molecule has 1 rings (SSSR count). The minimum atomic E-state index is -0.241. The topological polar surface area (TPSA) is 38.3 Å². The summed E-state index contributed by atoms with van der Waals surface area (Å²) in [6, 6.07) is 0.506. The normalized spacial score (nSPS) is 26.1. The third-order valence-corrected chi connectivity index (χ3v) is 4.21. The molecule has 2 atom stereocenters. The van der Waals surface area contributed by atoms with Crippen molar-refractivity contribution < 1.29 is 9.53 Å². The van der Waals surface area contributed by atoms with Gasteiger partial charge >= 0.3 is 5.97 Å². The Labute approximate surface area is 106 Å². The first-order valence-corrected chi connectivity index (χ1v) is 6.84. The first-order chi connectivity index (χ1) is 7.47. The predicted molar refractivity (Wildman–Crippen MR) is 68.8 cm³/mol. The Bertz CT molecular complexity index is 243. The van der Waals surface area contributed by atoms with Crippen molar-refractivity contribution in [3.05, 3.63) is 0 Å². The minimum absolute atomic E-state index is 0.207. The largest absolute Gasteiger partial charge is 0.468 e. The molecule has 0 saturated heterocycles. The molecular formula is C12H22BrNO2. The number of hydrogen-bond donors (Lipinski definition) is 1. The summed E-state index contributed by atoms with van der Waals surface area (Å²) in [5, 5.41) is 3.48. The van der Waals surface area contributed by atoms with Crippen molar-refractivity contribution in [1.29, 1.82) is 0 Å². The van der Waals surface area contributed by atoms with Gasteiger partial charge in [0.1, 0.15) is 4.83 Å². The van der Waals surface area contributed by atoms with Gasteiger partial charge in [-0.15, -0.1) is 0 Å². The van der Waals surface area contributed by atoms with Crippen molar-refractivity contribution >= 4 is 21.9 Å². The van der Waals surface area contributed by atoms with Crippen molar-refractivity contribution in [2.24, 2.45) is 5.41 Å². The Hall–Kier alpha value is -0.0900. The van der Waals surface area contributed by atoms with Gasteiger partial charge in [-0.3, -0.25) is 4.79 Å². The second-order valence-electron chi connectivity index (χ2n) is 5.19. The zero-order chi connectivity index (χ0) is 12.2. The maximum Gasteiger partial charge on any atom is 0.320 e. The monoisotopic (exact) mass is 291 g/mol. The van der Waals surface area contributed by atoms with E-state index >= 15 is 0 Å². The van der Waals surface area contributed by atoms with Crippen molar-refractivity contribution in [1.82, 2.24) is 5.32 Å². The Balaban J connectivity index is 2.39. The Morgan fingerprint density at radius 1 is 1.56 bits per heavy atom. The van der Waals surface area contributed by atoms with Gasteiger partial charge in [0.25, 0.3) is 0 Å². The third-order valence-electron chi connectivity index (χ3n) is 3.51. The number of carbonyl (C=O) groups excluding carboxylic acids is 1. The van der Waals surface area contributed by atoms with E-state index in [0.717, 1.165) is 0 Å². The molecule has 1 N–H and O–H groups in total. The van der Waals surface area contributed by atoms with Crippen LogP contribution in [-0.2, 0) is 9.53 Å². The SMILES string of the molecule is COC(=O)C(Br)CNC1CCCCC1(C)C. The van der Waals surface area contributed by atoms with Crippen LogP contribution >= 0.6 is 15.9 Å². The molecule has 0 aromatic heterocycles. The molecule has 0 heterocycles. The number of nitrogens with one attached hydrogen (secondary N) is 1. The molecule has 2 unspecified atom stereocenters. The molecule has 94 valence electrons. The lowest BCUT2D eigenvalue weighted by atomic mass is 9.73. The highest BCUT2D eigenvalue weighted by Gasteiger charge is 2.32. The number of halogens is 1. The molecule has 1 fully saturated rings. The van der Waals surface area contributed by atoms with Crippen LogP contribution in [0.2, 0.25) is 0 Å². The van der Waals surface area contributed by atoms with E-state index in [0.29, 0.717) is 18.0 Å². The Morgan fingerprint density at radius 2 is 2.25 bits per heavy atom. The maximum atomic E-state index is 11.2. The molecule has 16 heavy (non-hydrogen) atoms. The summed E-state index contributed by atoms with van der Waals surface area (Å²) in [7, 11) is 1.42. The van der Waals surface area contributed by atoms with Gasteiger partial charge in [-0.25, -0.2) is 0 Å². The van der Waals surface area contributed by atoms with Crippen LogP contribution in [0.4, 0.5) is 0 Å². The summed E-state index contributed by atoms with van der Waals surface area (Å²) >= 11 is 3.33. The highest BCUT2D eigenvalue weighted by atomic mass is 79.9. The van der Waals surface area contributed by atoms with Crippen LogP contribution in [0.3, 0.4) is 0 Å². The summed E-state index contributed by atoms with van der Waals surface area (Å²) < 4.78 is 4.68. The zero-order valence-electron chi connectivity index (χ0n) is 10.4. The van der Waals surface area contributed by atoms with Crippen LogP contribution in [0, 0.1) is 5.41 Å². The van der Waals surface area contributed by atoms with Crippen molar-refractivity contribution in [2.75, 3.05) is 13.7 Å². The van der Waals surface area contributed by atoms with Gasteiger partial charge in [0.15, 0.2) is 0 Å². The van der Waals surface area contributed by atoms with Crippen LogP contribution in [-0.4, -0.2) is 30.5 Å². The van der Waals surface area contributed by atoms with Gasteiger partial charge in [-0.05, 0) is 18.3 Å². The smallest absolute Gasteiger partial charge is 0.320 e. The number of rotatable bonds is 4. The van der Waals surface area contributed by atoms with E-state index in [-0.39, 0.29) is 10.8 Å². The van der Waals surface area contributed by atoms with Gasteiger partial charge < -0.3 is 10.1 Å². The zero-order valence-corrected chi connectivity index (χ0v) is 12.0. The molecule has 0 radical (unpaired) electrons. The second kappa shape index (κ2) is 6.01. The van der Waals surface area contributed by atoms with E-state index in [9.17, 15) is 4.79 Å². The van der Waals surface area contributed by atoms with Crippen molar-refractivity contribution in [3.63, 3.8) is 0 Å². The van der Waals surface area contributed by atoms with Crippen LogP contribution in [0.15, 0.2) is 0 Å². The maximum absolute atomic E-state index is 11.2. The average Bonchev–Trinajstić information content (AvgIpc) is 2.25. The molecule has 4 heteroatoms. The quantitative estimate of drug-likeness (QED) is 0.639. The van der Waals surface area contributed by atoms with E-state index in [1.807, 2.05) is 0 Å². The molecule has 0 aromatic carbocycles. The summed E-state index contributed by atoms with van der Waals surface area (Å²) in [5.41, 5.74) is 0.334. The first kappa shape index (κ1) is 14.0. The fourth-order valence-electron chi connectivity index (χ4n) is 2.33. The van der Waals surface area contributed by atoms with Gasteiger partial charge in [0, 0.05) is 12.6 Å². The van der Waals surface area contributed by atoms with E-state index in [4.69, 9.17) is 0 Å². The van der Waals surface area contributed by atoms with Gasteiger partial charge in [-0.1, -0.05) is 42.6 Å². The molecule has 0 bridgehead atoms. The number of ether oxygens (including phenoxy) is 1. The fraction of sp³-hybridized carbons (Fsp3) is 0.917.